The second-order valence-electron chi connectivity index (χ2n) is 6.86. The third-order valence-electron chi connectivity index (χ3n) is 3.51. The molecular weight excluding hydrogens is 331 g/mol. The van der Waals surface area contributed by atoms with Crippen molar-refractivity contribution in [3.05, 3.63) is 39.9 Å². The Morgan fingerprint density at radius 1 is 1.38 bits per heavy atom. The molecule has 0 aliphatic carbocycles. The minimum absolute atomic E-state index is 0.0390. The Balaban J connectivity index is 2.35. The molecule has 130 valence electrons. The highest BCUT2D eigenvalue weighted by molar-refractivity contribution is 6.76. The summed E-state index contributed by atoms with van der Waals surface area (Å²) < 4.78 is 20.5. The van der Waals surface area contributed by atoms with Gasteiger partial charge in [0.2, 0.25) is 5.43 Å². The fourth-order valence-electron chi connectivity index (χ4n) is 2.20. The minimum atomic E-state index is -1.24. The molecule has 0 saturated heterocycles. The third kappa shape index (κ3) is 4.72. The molecule has 0 fully saturated rings. The molecular formula is C16H21FN2O4Si. The Labute approximate surface area is 139 Å². The lowest BCUT2D eigenvalue weighted by Crippen LogP contribution is -2.24. The number of hydrogen-bond acceptors (Lipinski definition) is 4. The molecule has 0 aliphatic rings. The maximum atomic E-state index is 13.5. The molecule has 1 aromatic heterocycles. The Hall–Kier alpha value is -2.06. The van der Waals surface area contributed by atoms with Crippen LogP contribution in [0.3, 0.4) is 0 Å². The van der Waals surface area contributed by atoms with E-state index in [4.69, 9.17) is 9.84 Å². The van der Waals surface area contributed by atoms with Crippen LogP contribution in [-0.2, 0) is 22.7 Å². The zero-order valence-electron chi connectivity index (χ0n) is 14.0. The highest BCUT2D eigenvalue weighted by atomic mass is 28.3. The molecule has 6 nitrogen and oxygen atoms in total. The van der Waals surface area contributed by atoms with Gasteiger partial charge in [-0.15, -0.1) is 0 Å². The molecule has 1 heterocycles. The molecule has 0 spiro atoms. The van der Waals surface area contributed by atoms with Crippen molar-refractivity contribution >= 4 is 24.9 Å². The monoisotopic (exact) mass is 352 g/mol. The number of hydrogen-bond donors (Lipinski definition) is 1. The number of aromatic nitrogens is 2. The zero-order chi connectivity index (χ0) is 17.9. The van der Waals surface area contributed by atoms with Crippen LogP contribution in [0.15, 0.2) is 23.0 Å². The zero-order valence-corrected chi connectivity index (χ0v) is 15.0. The van der Waals surface area contributed by atoms with Crippen molar-refractivity contribution < 1.29 is 19.0 Å². The molecule has 0 amide bonds. The maximum absolute atomic E-state index is 13.5. The van der Waals surface area contributed by atoms with Gasteiger partial charge in [-0.3, -0.25) is 9.59 Å². The maximum Gasteiger partial charge on any atom is 0.309 e. The number of rotatable bonds is 7. The van der Waals surface area contributed by atoms with Crippen molar-refractivity contribution in [2.24, 2.45) is 0 Å². The van der Waals surface area contributed by atoms with Crippen LogP contribution < -0.4 is 5.43 Å². The number of fused-ring (bicyclic) bond motifs is 1. The number of halogens is 1. The summed E-state index contributed by atoms with van der Waals surface area (Å²) in [5, 5.41) is 13.2. The van der Waals surface area contributed by atoms with E-state index in [1.165, 1.54) is 22.9 Å². The van der Waals surface area contributed by atoms with Gasteiger partial charge < -0.3 is 9.84 Å². The lowest BCUT2D eigenvalue weighted by molar-refractivity contribution is -0.136. The fraction of sp³-hybridized carbons (Fsp3) is 0.438. The highest BCUT2D eigenvalue weighted by Gasteiger charge is 2.15. The van der Waals surface area contributed by atoms with Gasteiger partial charge in [-0.1, -0.05) is 19.6 Å². The van der Waals surface area contributed by atoms with Crippen LogP contribution in [0.25, 0.3) is 10.9 Å². The van der Waals surface area contributed by atoms with Gasteiger partial charge in [0.15, 0.2) is 0 Å². The van der Waals surface area contributed by atoms with Gasteiger partial charge in [0.1, 0.15) is 18.2 Å². The predicted octanol–water partition coefficient (Wildman–Crippen LogP) is 2.47. The van der Waals surface area contributed by atoms with E-state index < -0.39 is 31.7 Å². The van der Waals surface area contributed by atoms with Crippen LogP contribution in [0.4, 0.5) is 4.39 Å². The molecule has 1 aromatic carbocycles. The van der Waals surface area contributed by atoms with E-state index in [0.29, 0.717) is 12.1 Å². The van der Waals surface area contributed by atoms with Gasteiger partial charge in [0.05, 0.1) is 11.9 Å². The summed E-state index contributed by atoms with van der Waals surface area (Å²) in [6.07, 6.45) is -0.485. The summed E-state index contributed by atoms with van der Waals surface area (Å²) in [5.41, 5.74) is -0.289. The summed E-state index contributed by atoms with van der Waals surface area (Å²) in [4.78, 5) is 23.2. The molecule has 0 saturated carbocycles. The Morgan fingerprint density at radius 2 is 2.08 bits per heavy atom. The van der Waals surface area contributed by atoms with Crippen LogP contribution in [0.2, 0.25) is 25.7 Å². The van der Waals surface area contributed by atoms with Crippen LogP contribution in [0.5, 0.6) is 0 Å². The minimum Gasteiger partial charge on any atom is -0.481 e. The number of carboxylic acid groups (broad SMARTS) is 1. The lowest BCUT2D eigenvalue weighted by atomic mass is 10.1. The molecule has 0 atom stereocenters. The molecule has 24 heavy (non-hydrogen) atoms. The number of benzene rings is 1. The van der Waals surface area contributed by atoms with E-state index in [1.807, 2.05) is 0 Å². The molecule has 0 radical (unpaired) electrons. The SMILES string of the molecule is C[Si](C)(C)CCOCn1nc(CC(=O)O)c(=O)c2ccc(F)cc21. The average molecular weight is 352 g/mol. The molecule has 2 rings (SSSR count). The van der Waals surface area contributed by atoms with E-state index in [-0.39, 0.29) is 17.8 Å². The van der Waals surface area contributed by atoms with E-state index in [1.54, 1.807) is 0 Å². The smallest absolute Gasteiger partial charge is 0.309 e. The van der Waals surface area contributed by atoms with Gasteiger partial charge in [-0.2, -0.15) is 5.10 Å². The number of carbonyl (C=O) groups is 1. The van der Waals surface area contributed by atoms with Crippen LogP contribution in [-0.4, -0.2) is 35.5 Å². The van der Waals surface area contributed by atoms with Gasteiger partial charge in [-0.25, -0.2) is 9.07 Å². The number of nitrogens with zero attached hydrogens (tertiary/aromatic N) is 2. The Kier molecular flexibility index (Phi) is 5.50. The summed E-state index contributed by atoms with van der Waals surface area (Å²) in [5.74, 6) is -1.64. The van der Waals surface area contributed by atoms with Crippen molar-refractivity contribution in [1.29, 1.82) is 0 Å². The van der Waals surface area contributed by atoms with Gasteiger partial charge in [0, 0.05) is 20.1 Å². The standard InChI is InChI=1S/C16H21FN2O4Si/c1-24(2,3)7-6-23-10-19-14-8-11(17)4-5-12(14)16(22)13(18-19)9-15(20)21/h4-5,8H,6-7,9-10H2,1-3H3,(H,20,21). The van der Waals surface area contributed by atoms with Crippen molar-refractivity contribution in [3.8, 4) is 0 Å². The van der Waals surface area contributed by atoms with Crippen molar-refractivity contribution in [1.82, 2.24) is 9.78 Å². The quantitative estimate of drug-likeness (QED) is 0.611. The average Bonchev–Trinajstić information content (AvgIpc) is 2.46. The van der Waals surface area contributed by atoms with Gasteiger partial charge in [-0.05, 0) is 24.2 Å². The van der Waals surface area contributed by atoms with Crippen LogP contribution in [0, 0.1) is 5.82 Å². The number of carboxylic acids is 1. The molecule has 0 bridgehead atoms. The van der Waals surface area contributed by atoms with Gasteiger partial charge >= 0.3 is 5.97 Å². The van der Waals surface area contributed by atoms with Crippen molar-refractivity contribution in [2.75, 3.05) is 6.61 Å². The van der Waals surface area contributed by atoms with Crippen molar-refractivity contribution in [3.63, 3.8) is 0 Å². The van der Waals surface area contributed by atoms with E-state index in [2.05, 4.69) is 24.7 Å². The molecule has 1 N–H and O–H groups in total. The highest BCUT2D eigenvalue weighted by Crippen LogP contribution is 2.13. The molecule has 8 heteroatoms. The molecule has 2 aromatic rings. The second kappa shape index (κ2) is 7.23. The summed E-state index contributed by atoms with van der Waals surface area (Å²) >= 11 is 0. The van der Waals surface area contributed by atoms with Crippen LogP contribution >= 0.6 is 0 Å². The van der Waals surface area contributed by atoms with Crippen LogP contribution in [0.1, 0.15) is 5.69 Å². The first-order valence-corrected chi connectivity index (χ1v) is 11.4. The first-order valence-electron chi connectivity index (χ1n) is 7.66. The van der Waals surface area contributed by atoms with Gasteiger partial charge in [0.25, 0.3) is 0 Å². The Bertz CT molecular complexity index is 814. The largest absolute Gasteiger partial charge is 0.481 e. The topological polar surface area (TPSA) is 81.4 Å². The fourth-order valence-corrected chi connectivity index (χ4v) is 2.95. The predicted molar refractivity (Wildman–Crippen MR) is 91.4 cm³/mol. The summed E-state index contributed by atoms with van der Waals surface area (Å²) in [6, 6.07) is 4.68. The van der Waals surface area contributed by atoms with E-state index in [0.717, 1.165) is 6.04 Å². The molecule has 0 unspecified atom stereocenters. The normalized spacial score (nSPS) is 11.8. The van der Waals surface area contributed by atoms with Crippen molar-refractivity contribution in [2.45, 2.75) is 38.8 Å². The third-order valence-corrected chi connectivity index (χ3v) is 5.22. The Morgan fingerprint density at radius 3 is 2.71 bits per heavy atom. The van der Waals surface area contributed by atoms with E-state index >= 15 is 0 Å². The summed E-state index contributed by atoms with van der Waals surface area (Å²) in [6.45, 7) is 7.25. The lowest BCUT2D eigenvalue weighted by Gasteiger charge is -2.16. The number of ether oxygens (including phenoxy) is 1. The second-order valence-corrected chi connectivity index (χ2v) is 12.5. The molecule has 0 aliphatic heterocycles. The first kappa shape index (κ1) is 18.3. The number of aliphatic carboxylic acids is 1. The summed E-state index contributed by atoms with van der Waals surface area (Å²) in [7, 11) is -1.24. The van der Waals surface area contributed by atoms with E-state index in [9.17, 15) is 14.0 Å². The first-order chi connectivity index (χ1) is 11.2.